The van der Waals surface area contributed by atoms with Crippen molar-refractivity contribution in [3.63, 3.8) is 0 Å². The number of H-pyrrole nitrogens is 1. The summed E-state index contributed by atoms with van der Waals surface area (Å²) in [5.74, 6) is -0.233. The van der Waals surface area contributed by atoms with Gasteiger partial charge in [0.05, 0.1) is 43.0 Å². The highest BCUT2D eigenvalue weighted by Gasteiger charge is 2.49. The van der Waals surface area contributed by atoms with Crippen LogP contribution in [0.5, 0.6) is 6.01 Å². The minimum Gasteiger partial charge on any atom is -0.465 e. The Morgan fingerprint density at radius 1 is 1.00 bits per heavy atom. The molecule has 0 bridgehead atoms. The van der Waals surface area contributed by atoms with Crippen LogP contribution in [0.15, 0.2) is 66.7 Å². The lowest BCUT2D eigenvalue weighted by Crippen LogP contribution is -2.35. The van der Waals surface area contributed by atoms with Crippen molar-refractivity contribution in [1.29, 1.82) is 0 Å². The topological polar surface area (TPSA) is 182 Å². The van der Waals surface area contributed by atoms with Crippen molar-refractivity contribution in [2.45, 2.75) is 51.1 Å². The Balaban J connectivity index is 1.08. The van der Waals surface area contributed by atoms with Crippen LogP contribution in [0.1, 0.15) is 29.8 Å². The molecule has 3 aromatic carbocycles. The Bertz CT molecular complexity index is 1910. The molecule has 2 aliphatic heterocycles. The largest absolute Gasteiger partial charge is 0.511 e. The standard InChI is InChI=1S/C33H32N6O9/c1-3-43-32-34-24-10-6-9-23(31(41)46-18(2)47-33(42)48-26-17-45-28-25(40)16-44-29(26)28)27(24)39(32)15-19-11-13-20(14-12-19)21-7-4-5-8-22(21)30-35-37-38-36-30/h4-14,18,25-26,28-29,40H,3,15-17H2,1-2H3,(H,35,36,37,38)/t18?,25-,26-,28-,29-/m1/s1. The Morgan fingerprint density at radius 3 is 2.56 bits per heavy atom. The number of ether oxygens (including phenoxy) is 6. The van der Waals surface area contributed by atoms with E-state index in [1.54, 1.807) is 18.2 Å². The minimum absolute atomic E-state index is 0.0556. The molecule has 2 aromatic heterocycles. The first-order valence-electron chi connectivity index (χ1n) is 15.4. The smallest absolute Gasteiger partial charge is 0.465 e. The zero-order valence-electron chi connectivity index (χ0n) is 26.0. The number of nitrogens with one attached hydrogen (secondary N) is 1. The molecule has 0 radical (unpaired) electrons. The molecule has 7 rings (SSSR count). The van der Waals surface area contributed by atoms with Gasteiger partial charge in [-0.3, -0.25) is 4.57 Å². The van der Waals surface area contributed by atoms with Gasteiger partial charge in [0, 0.05) is 12.5 Å². The number of hydrogen-bond acceptors (Lipinski definition) is 13. The average Bonchev–Trinajstić information content (AvgIpc) is 3.89. The van der Waals surface area contributed by atoms with Gasteiger partial charge in [0.1, 0.15) is 18.3 Å². The van der Waals surface area contributed by atoms with Gasteiger partial charge in [0.15, 0.2) is 6.10 Å². The highest BCUT2D eigenvalue weighted by Crippen LogP contribution is 2.32. The van der Waals surface area contributed by atoms with Crippen molar-refractivity contribution < 1.29 is 43.1 Å². The van der Waals surface area contributed by atoms with Crippen LogP contribution in [0.3, 0.4) is 0 Å². The highest BCUT2D eigenvalue weighted by atomic mass is 16.8. The molecule has 5 atom stereocenters. The van der Waals surface area contributed by atoms with Crippen LogP contribution in [-0.2, 0) is 30.2 Å². The minimum atomic E-state index is -1.28. The number of nitrogens with zero attached hydrogens (tertiary/aromatic N) is 5. The third kappa shape index (κ3) is 6.17. The van der Waals surface area contributed by atoms with Gasteiger partial charge in [-0.2, -0.15) is 10.2 Å². The number of carbonyl (C=O) groups is 2. The van der Waals surface area contributed by atoms with Crippen LogP contribution in [0, 0.1) is 0 Å². The van der Waals surface area contributed by atoms with E-state index in [-0.39, 0.29) is 18.8 Å². The molecule has 0 spiro atoms. The number of benzene rings is 3. The van der Waals surface area contributed by atoms with Crippen molar-refractivity contribution in [3.8, 4) is 28.5 Å². The summed E-state index contributed by atoms with van der Waals surface area (Å²) in [7, 11) is 0. The van der Waals surface area contributed by atoms with Crippen LogP contribution in [0.25, 0.3) is 33.5 Å². The number of esters is 1. The van der Waals surface area contributed by atoms with E-state index in [1.165, 1.54) is 6.92 Å². The number of aliphatic hydroxyl groups is 1. The van der Waals surface area contributed by atoms with Crippen LogP contribution in [0.4, 0.5) is 4.79 Å². The van der Waals surface area contributed by atoms with Gasteiger partial charge in [0.25, 0.3) is 6.01 Å². The Morgan fingerprint density at radius 2 is 1.79 bits per heavy atom. The second kappa shape index (κ2) is 13.4. The first-order valence-corrected chi connectivity index (χ1v) is 15.4. The number of carbonyl (C=O) groups excluding carboxylic acids is 2. The third-order valence-corrected chi connectivity index (χ3v) is 8.11. The zero-order valence-corrected chi connectivity index (χ0v) is 26.0. The number of para-hydroxylation sites is 1. The average molecular weight is 657 g/mol. The van der Waals surface area contributed by atoms with Gasteiger partial charge in [-0.15, -0.1) is 10.2 Å². The number of hydrogen-bond donors (Lipinski definition) is 2. The van der Waals surface area contributed by atoms with Gasteiger partial charge in [-0.25, -0.2) is 9.59 Å². The number of rotatable bonds is 10. The predicted octanol–water partition coefficient (Wildman–Crippen LogP) is 3.51. The molecule has 15 nitrogen and oxygen atoms in total. The van der Waals surface area contributed by atoms with Gasteiger partial charge in [0.2, 0.25) is 12.1 Å². The van der Waals surface area contributed by atoms with E-state index in [0.717, 1.165) is 22.3 Å². The third-order valence-electron chi connectivity index (χ3n) is 8.11. The van der Waals surface area contributed by atoms with Gasteiger partial charge >= 0.3 is 12.1 Å². The molecule has 48 heavy (non-hydrogen) atoms. The van der Waals surface area contributed by atoms with Gasteiger partial charge in [-0.1, -0.05) is 54.6 Å². The number of tetrazole rings is 1. The van der Waals surface area contributed by atoms with Crippen molar-refractivity contribution in [1.82, 2.24) is 30.2 Å². The van der Waals surface area contributed by atoms with Crippen molar-refractivity contribution in [2.24, 2.45) is 0 Å². The predicted molar refractivity (Wildman–Crippen MR) is 167 cm³/mol. The molecule has 2 saturated heterocycles. The summed E-state index contributed by atoms with van der Waals surface area (Å²) in [5, 5.41) is 24.3. The maximum Gasteiger partial charge on any atom is 0.511 e. The summed E-state index contributed by atoms with van der Waals surface area (Å²) in [6.07, 6.45) is -5.03. The van der Waals surface area contributed by atoms with Gasteiger partial charge < -0.3 is 33.5 Å². The summed E-state index contributed by atoms with van der Waals surface area (Å²) in [6.45, 7) is 4.10. The fourth-order valence-electron chi connectivity index (χ4n) is 5.96. The molecule has 1 unspecified atom stereocenters. The summed E-state index contributed by atoms with van der Waals surface area (Å²) < 4.78 is 34.6. The molecule has 5 aromatic rings. The molecule has 2 aliphatic rings. The van der Waals surface area contributed by atoms with E-state index >= 15 is 0 Å². The SMILES string of the molecule is CCOc1nc2cccc(C(=O)OC(C)OC(=O)O[C@@H]3CO[C@H]4[C@@H]3OC[C@H]4O)c2n1Cc1ccc(-c2ccccc2-c2nn[nH]n2)cc1. The van der Waals surface area contributed by atoms with Crippen LogP contribution >= 0.6 is 0 Å². The number of aliphatic hydroxyl groups excluding tert-OH is 1. The molecule has 2 fully saturated rings. The number of aromatic amines is 1. The van der Waals surface area contributed by atoms with Crippen LogP contribution in [-0.4, -0.2) is 97.9 Å². The first-order chi connectivity index (χ1) is 23.4. The lowest BCUT2D eigenvalue weighted by atomic mass is 9.98. The fraction of sp³-hybridized carbons (Fsp3) is 0.333. The molecule has 248 valence electrons. The molecular formula is C33H32N6O9. The number of imidazole rings is 1. The monoisotopic (exact) mass is 656 g/mol. The maximum absolute atomic E-state index is 13.5. The molecular weight excluding hydrogens is 624 g/mol. The molecule has 0 saturated carbocycles. The van der Waals surface area contributed by atoms with E-state index in [4.69, 9.17) is 28.4 Å². The van der Waals surface area contributed by atoms with Crippen LogP contribution < -0.4 is 4.74 Å². The normalized spacial score (nSPS) is 20.7. The van der Waals surface area contributed by atoms with E-state index in [9.17, 15) is 14.7 Å². The quantitative estimate of drug-likeness (QED) is 0.165. The van der Waals surface area contributed by atoms with Crippen molar-refractivity contribution >= 4 is 23.2 Å². The highest BCUT2D eigenvalue weighted by molar-refractivity contribution is 6.02. The van der Waals surface area contributed by atoms with Gasteiger partial charge in [-0.05, 0) is 41.0 Å². The Kier molecular flexibility index (Phi) is 8.71. The summed E-state index contributed by atoms with van der Waals surface area (Å²) in [4.78, 5) is 30.6. The van der Waals surface area contributed by atoms with Crippen LogP contribution in [0.2, 0.25) is 0 Å². The zero-order chi connectivity index (χ0) is 33.2. The van der Waals surface area contributed by atoms with E-state index in [0.29, 0.717) is 36.0 Å². The molecule has 2 N–H and O–H groups in total. The Hall–Kier alpha value is -5.38. The second-order valence-corrected chi connectivity index (χ2v) is 11.2. The molecule has 15 heteroatoms. The lowest BCUT2D eigenvalue weighted by molar-refractivity contribution is -0.0986. The summed E-state index contributed by atoms with van der Waals surface area (Å²) in [6, 6.07) is 21.2. The number of fused-ring (bicyclic) bond motifs is 2. The molecule has 4 heterocycles. The molecule has 0 aliphatic carbocycles. The Labute approximate surface area is 273 Å². The maximum atomic E-state index is 13.5. The number of aromatic nitrogens is 6. The van der Waals surface area contributed by atoms with E-state index in [2.05, 4.69) is 25.6 Å². The van der Waals surface area contributed by atoms with Crippen molar-refractivity contribution in [2.75, 3.05) is 19.8 Å². The second-order valence-electron chi connectivity index (χ2n) is 11.2. The van der Waals surface area contributed by atoms with E-state index < -0.39 is 42.8 Å². The summed E-state index contributed by atoms with van der Waals surface area (Å²) in [5.41, 5.74) is 4.92. The van der Waals surface area contributed by atoms with Crippen molar-refractivity contribution in [3.05, 3.63) is 77.9 Å². The lowest BCUT2D eigenvalue weighted by Gasteiger charge is -2.19. The van der Waals surface area contributed by atoms with E-state index in [1.807, 2.05) is 60.0 Å². The molecule has 0 amide bonds. The summed E-state index contributed by atoms with van der Waals surface area (Å²) >= 11 is 0. The fourth-order valence-corrected chi connectivity index (χ4v) is 5.96. The first kappa shape index (κ1) is 31.2.